The molecule has 0 amide bonds. The van der Waals surface area contributed by atoms with E-state index in [9.17, 15) is 8.78 Å². The summed E-state index contributed by atoms with van der Waals surface area (Å²) >= 11 is 3.13. The van der Waals surface area contributed by atoms with Crippen molar-refractivity contribution in [1.29, 1.82) is 0 Å². The SMILES string of the molecule is CCCC1CN(c2cc(Br)c(F)cc2F)CCCN1. The van der Waals surface area contributed by atoms with Crippen LogP contribution in [-0.2, 0) is 0 Å². The van der Waals surface area contributed by atoms with Crippen LogP contribution in [0.4, 0.5) is 14.5 Å². The first-order valence-corrected chi connectivity index (χ1v) is 7.54. The van der Waals surface area contributed by atoms with Crippen LogP contribution >= 0.6 is 15.9 Å². The van der Waals surface area contributed by atoms with Crippen LogP contribution in [0.25, 0.3) is 0 Å². The van der Waals surface area contributed by atoms with Gasteiger partial charge < -0.3 is 10.2 Å². The summed E-state index contributed by atoms with van der Waals surface area (Å²) in [6, 6.07) is 2.86. The van der Waals surface area contributed by atoms with Crippen LogP contribution in [0.3, 0.4) is 0 Å². The maximum atomic E-state index is 13.9. The highest BCUT2D eigenvalue weighted by atomic mass is 79.9. The van der Waals surface area contributed by atoms with Gasteiger partial charge in [-0.15, -0.1) is 0 Å². The van der Waals surface area contributed by atoms with Gasteiger partial charge in [0.1, 0.15) is 11.6 Å². The average molecular weight is 333 g/mol. The first-order valence-electron chi connectivity index (χ1n) is 6.74. The number of benzene rings is 1. The molecule has 1 N–H and O–H groups in total. The molecule has 1 aliphatic heterocycles. The lowest BCUT2D eigenvalue weighted by Gasteiger charge is -2.27. The summed E-state index contributed by atoms with van der Waals surface area (Å²) in [5.41, 5.74) is 0.484. The summed E-state index contributed by atoms with van der Waals surface area (Å²) < 4.78 is 27.5. The second-order valence-electron chi connectivity index (χ2n) is 4.96. The Balaban J connectivity index is 2.21. The van der Waals surface area contributed by atoms with Crippen molar-refractivity contribution >= 4 is 21.6 Å². The van der Waals surface area contributed by atoms with Gasteiger partial charge in [-0.25, -0.2) is 8.78 Å². The van der Waals surface area contributed by atoms with Crippen LogP contribution in [0.5, 0.6) is 0 Å². The van der Waals surface area contributed by atoms with Crippen LogP contribution in [0.15, 0.2) is 16.6 Å². The van der Waals surface area contributed by atoms with Gasteiger partial charge in [-0.1, -0.05) is 13.3 Å². The second kappa shape index (κ2) is 6.66. The van der Waals surface area contributed by atoms with Crippen molar-refractivity contribution in [2.75, 3.05) is 24.5 Å². The summed E-state index contributed by atoms with van der Waals surface area (Å²) in [4.78, 5) is 2.01. The predicted octanol–water partition coefficient (Wildman–Crippen LogP) is 3.70. The largest absolute Gasteiger partial charge is 0.368 e. The van der Waals surface area contributed by atoms with Gasteiger partial charge in [0.15, 0.2) is 0 Å². The molecule has 0 aromatic heterocycles. The van der Waals surface area contributed by atoms with E-state index >= 15 is 0 Å². The molecular weight excluding hydrogens is 314 g/mol. The third-order valence-electron chi connectivity index (χ3n) is 3.45. The van der Waals surface area contributed by atoms with Gasteiger partial charge in [-0.3, -0.25) is 0 Å². The Kier molecular flexibility index (Phi) is 5.16. The minimum atomic E-state index is -0.556. The van der Waals surface area contributed by atoms with E-state index in [1.807, 2.05) is 4.90 Å². The number of nitrogens with one attached hydrogen (secondary N) is 1. The lowest BCUT2D eigenvalue weighted by atomic mass is 10.1. The molecule has 0 spiro atoms. The molecule has 1 aromatic carbocycles. The van der Waals surface area contributed by atoms with Crippen molar-refractivity contribution in [3.63, 3.8) is 0 Å². The fraction of sp³-hybridized carbons (Fsp3) is 0.571. The van der Waals surface area contributed by atoms with Gasteiger partial charge in [0, 0.05) is 25.2 Å². The van der Waals surface area contributed by atoms with Crippen molar-refractivity contribution in [1.82, 2.24) is 5.32 Å². The number of rotatable bonds is 3. The summed E-state index contributed by atoms with van der Waals surface area (Å²) in [5, 5.41) is 3.48. The van der Waals surface area contributed by atoms with E-state index < -0.39 is 11.6 Å². The molecule has 1 aromatic rings. The third kappa shape index (κ3) is 3.66. The minimum absolute atomic E-state index is 0.313. The maximum Gasteiger partial charge on any atom is 0.149 e. The molecule has 0 aliphatic carbocycles. The molecule has 1 unspecified atom stereocenters. The van der Waals surface area contributed by atoms with Gasteiger partial charge in [-0.05, 0) is 41.4 Å². The molecule has 1 heterocycles. The molecule has 1 saturated heterocycles. The molecule has 106 valence electrons. The fourth-order valence-electron chi connectivity index (χ4n) is 2.51. The first-order chi connectivity index (χ1) is 9.11. The van der Waals surface area contributed by atoms with Crippen LogP contribution in [0.1, 0.15) is 26.2 Å². The Morgan fingerprint density at radius 3 is 2.89 bits per heavy atom. The molecule has 2 nitrogen and oxygen atoms in total. The van der Waals surface area contributed by atoms with E-state index in [1.165, 1.54) is 0 Å². The smallest absolute Gasteiger partial charge is 0.149 e. The number of halogens is 3. The lowest BCUT2D eigenvalue weighted by molar-refractivity contribution is 0.500. The van der Waals surface area contributed by atoms with E-state index in [-0.39, 0.29) is 0 Å². The third-order valence-corrected chi connectivity index (χ3v) is 4.05. The molecule has 19 heavy (non-hydrogen) atoms. The van der Waals surface area contributed by atoms with E-state index in [1.54, 1.807) is 6.07 Å². The summed E-state index contributed by atoms with van der Waals surface area (Å²) in [6.07, 6.45) is 3.14. The van der Waals surface area contributed by atoms with Gasteiger partial charge >= 0.3 is 0 Å². The van der Waals surface area contributed by atoms with Gasteiger partial charge in [0.2, 0.25) is 0 Å². The Morgan fingerprint density at radius 1 is 1.37 bits per heavy atom. The summed E-state index contributed by atoms with van der Waals surface area (Å²) in [5.74, 6) is -1.04. The van der Waals surface area contributed by atoms with E-state index in [0.717, 1.165) is 45.0 Å². The normalized spacial score (nSPS) is 20.4. The molecule has 0 saturated carbocycles. The summed E-state index contributed by atoms with van der Waals surface area (Å²) in [7, 11) is 0. The molecule has 1 atom stereocenters. The van der Waals surface area contributed by atoms with Crippen molar-refractivity contribution in [3.8, 4) is 0 Å². The molecular formula is C14H19BrF2N2. The van der Waals surface area contributed by atoms with Gasteiger partial charge in [0.05, 0.1) is 10.2 Å². The van der Waals surface area contributed by atoms with Crippen LogP contribution < -0.4 is 10.2 Å². The number of hydrogen-bond acceptors (Lipinski definition) is 2. The quantitative estimate of drug-likeness (QED) is 0.849. The van der Waals surface area contributed by atoms with Gasteiger partial charge in [0.25, 0.3) is 0 Å². The van der Waals surface area contributed by atoms with E-state index in [2.05, 4.69) is 28.2 Å². The Morgan fingerprint density at radius 2 is 2.16 bits per heavy atom. The molecule has 5 heteroatoms. The zero-order valence-corrected chi connectivity index (χ0v) is 12.6. The predicted molar refractivity (Wildman–Crippen MR) is 77.6 cm³/mol. The van der Waals surface area contributed by atoms with Crippen molar-refractivity contribution in [3.05, 3.63) is 28.2 Å². The highest BCUT2D eigenvalue weighted by molar-refractivity contribution is 9.10. The Hall–Kier alpha value is -0.680. The number of anilines is 1. The standard InChI is InChI=1S/C14H19BrF2N2/c1-2-4-10-9-19(6-3-5-18-10)14-7-11(15)12(16)8-13(14)17/h7-8,10,18H,2-6,9H2,1H3. The topological polar surface area (TPSA) is 15.3 Å². The van der Waals surface area contributed by atoms with E-state index in [0.29, 0.717) is 16.2 Å². The monoisotopic (exact) mass is 332 g/mol. The maximum absolute atomic E-state index is 13.9. The molecule has 0 bridgehead atoms. The Bertz CT molecular complexity index is 440. The number of hydrogen-bond donors (Lipinski definition) is 1. The molecule has 2 rings (SSSR count). The molecule has 1 fully saturated rings. The minimum Gasteiger partial charge on any atom is -0.368 e. The van der Waals surface area contributed by atoms with Crippen molar-refractivity contribution < 1.29 is 8.78 Å². The highest BCUT2D eigenvalue weighted by Crippen LogP contribution is 2.27. The highest BCUT2D eigenvalue weighted by Gasteiger charge is 2.20. The zero-order chi connectivity index (χ0) is 13.8. The zero-order valence-electron chi connectivity index (χ0n) is 11.1. The fourth-order valence-corrected chi connectivity index (χ4v) is 2.84. The number of nitrogens with zero attached hydrogens (tertiary/aromatic N) is 1. The van der Waals surface area contributed by atoms with E-state index in [4.69, 9.17) is 0 Å². The van der Waals surface area contributed by atoms with Crippen LogP contribution in [0, 0.1) is 11.6 Å². The first kappa shape index (κ1) is 14.7. The lowest BCUT2D eigenvalue weighted by Crippen LogP contribution is -2.37. The summed E-state index contributed by atoms with van der Waals surface area (Å²) in [6.45, 7) is 4.65. The van der Waals surface area contributed by atoms with Crippen LogP contribution in [-0.4, -0.2) is 25.7 Å². The van der Waals surface area contributed by atoms with Gasteiger partial charge in [-0.2, -0.15) is 0 Å². The average Bonchev–Trinajstić information content (AvgIpc) is 2.60. The van der Waals surface area contributed by atoms with Crippen LogP contribution in [0.2, 0.25) is 0 Å². The molecule has 0 radical (unpaired) electrons. The second-order valence-corrected chi connectivity index (χ2v) is 5.81. The molecule has 1 aliphatic rings. The van der Waals surface area contributed by atoms with Crippen molar-refractivity contribution in [2.45, 2.75) is 32.2 Å². The Labute approximate surface area is 121 Å². The van der Waals surface area contributed by atoms with Crippen molar-refractivity contribution in [2.24, 2.45) is 0 Å².